The summed E-state index contributed by atoms with van der Waals surface area (Å²) in [5.41, 5.74) is 1.56. The van der Waals surface area contributed by atoms with Crippen molar-refractivity contribution in [2.24, 2.45) is 0 Å². The number of anilines is 1. The summed E-state index contributed by atoms with van der Waals surface area (Å²) in [5, 5.41) is 10.9. The standard InChI is InChI=1S/C16H21N5O3/c1-10(2)14-19-20-15(24-14)13-9-21(6-7-23-13)16(22)18-12-5-4-11(3)17-8-12/h4-5,8,10,13H,6-7,9H2,1-3H3,(H,18,22)/t13-/m1/s1. The number of hydrogen-bond acceptors (Lipinski definition) is 6. The second-order valence-corrected chi connectivity index (χ2v) is 6.06. The number of pyridine rings is 1. The second-order valence-electron chi connectivity index (χ2n) is 6.06. The fourth-order valence-corrected chi connectivity index (χ4v) is 2.34. The highest BCUT2D eigenvalue weighted by Crippen LogP contribution is 2.23. The second kappa shape index (κ2) is 6.96. The molecule has 0 aromatic carbocycles. The van der Waals surface area contributed by atoms with Gasteiger partial charge in [-0.15, -0.1) is 10.2 Å². The zero-order chi connectivity index (χ0) is 17.1. The highest BCUT2D eigenvalue weighted by atomic mass is 16.5. The molecule has 1 N–H and O–H groups in total. The van der Waals surface area contributed by atoms with E-state index in [0.29, 0.717) is 37.2 Å². The predicted octanol–water partition coefficient (Wildman–Crippen LogP) is 2.50. The van der Waals surface area contributed by atoms with Crippen LogP contribution in [-0.2, 0) is 4.74 Å². The number of nitrogens with one attached hydrogen (secondary N) is 1. The summed E-state index contributed by atoms with van der Waals surface area (Å²) in [6.45, 7) is 7.15. The van der Waals surface area contributed by atoms with Crippen molar-refractivity contribution in [2.45, 2.75) is 32.8 Å². The molecule has 3 heterocycles. The van der Waals surface area contributed by atoms with Crippen molar-refractivity contribution in [2.75, 3.05) is 25.0 Å². The Morgan fingerprint density at radius 1 is 1.38 bits per heavy atom. The molecule has 2 aromatic rings. The Bertz CT molecular complexity index is 698. The Kier molecular flexibility index (Phi) is 4.75. The van der Waals surface area contributed by atoms with Crippen LogP contribution < -0.4 is 5.32 Å². The first-order valence-electron chi connectivity index (χ1n) is 7.96. The molecule has 1 saturated heterocycles. The molecule has 2 amide bonds. The van der Waals surface area contributed by atoms with Crippen LogP contribution in [0.1, 0.15) is 43.3 Å². The largest absolute Gasteiger partial charge is 0.422 e. The van der Waals surface area contributed by atoms with E-state index in [0.717, 1.165) is 5.69 Å². The van der Waals surface area contributed by atoms with Crippen LogP contribution in [-0.4, -0.2) is 45.8 Å². The molecule has 0 saturated carbocycles. The summed E-state index contributed by atoms with van der Waals surface area (Å²) in [6, 6.07) is 3.48. The van der Waals surface area contributed by atoms with Gasteiger partial charge < -0.3 is 19.4 Å². The van der Waals surface area contributed by atoms with Gasteiger partial charge in [0.2, 0.25) is 11.8 Å². The Morgan fingerprint density at radius 2 is 2.21 bits per heavy atom. The fourth-order valence-electron chi connectivity index (χ4n) is 2.34. The maximum Gasteiger partial charge on any atom is 0.322 e. The molecule has 1 aliphatic rings. The molecule has 24 heavy (non-hydrogen) atoms. The average Bonchev–Trinajstić information content (AvgIpc) is 3.07. The first-order valence-corrected chi connectivity index (χ1v) is 7.96. The quantitative estimate of drug-likeness (QED) is 0.929. The van der Waals surface area contributed by atoms with E-state index in [4.69, 9.17) is 9.15 Å². The van der Waals surface area contributed by atoms with Gasteiger partial charge in [0, 0.05) is 18.2 Å². The maximum atomic E-state index is 12.4. The van der Waals surface area contributed by atoms with Gasteiger partial charge in [-0.25, -0.2) is 4.79 Å². The van der Waals surface area contributed by atoms with Crippen LogP contribution in [0, 0.1) is 6.92 Å². The molecule has 1 fully saturated rings. The molecule has 1 aliphatic heterocycles. The van der Waals surface area contributed by atoms with E-state index in [1.165, 1.54) is 0 Å². The van der Waals surface area contributed by atoms with Crippen molar-refractivity contribution < 1.29 is 13.9 Å². The number of aryl methyl sites for hydroxylation is 1. The maximum absolute atomic E-state index is 12.4. The zero-order valence-electron chi connectivity index (χ0n) is 14.0. The van der Waals surface area contributed by atoms with Gasteiger partial charge in [-0.3, -0.25) is 4.98 Å². The van der Waals surface area contributed by atoms with Crippen molar-refractivity contribution in [3.8, 4) is 0 Å². The zero-order valence-corrected chi connectivity index (χ0v) is 14.0. The number of ether oxygens (including phenoxy) is 1. The molecule has 1 atom stereocenters. The van der Waals surface area contributed by atoms with Crippen molar-refractivity contribution in [3.63, 3.8) is 0 Å². The van der Waals surface area contributed by atoms with E-state index in [9.17, 15) is 4.79 Å². The number of hydrogen-bond donors (Lipinski definition) is 1. The predicted molar refractivity (Wildman–Crippen MR) is 86.6 cm³/mol. The number of aromatic nitrogens is 3. The molecular weight excluding hydrogens is 310 g/mol. The SMILES string of the molecule is Cc1ccc(NC(=O)N2CCO[C@@H](c3nnc(C(C)C)o3)C2)cn1. The van der Waals surface area contributed by atoms with Crippen molar-refractivity contribution in [3.05, 3.63) is 35.8 Å². The van der Waals surface area contributed by atoms with Gasteiger partial charge in [0.25, 0.3) is 0 Å². The number of carbonyl (C=O) groups is 1. The van der Waals surface area contributed by atoms with E-state index in [1.807, 2.05) is 32.9 Å². The van der Waals surface area contributed by atoms with Crippen LogP contribution in [0.4, 0.5) is 10.5 Å². The molecule has 0 aliphatic carbocycles. The topological polar surface area (TPSA) is 93.4 Å². The molecule has 0 radical (unpaired) electrons. The van der Waals surface area contributed by atoms with Crippen LogP contribution in [0.15, 0.2) is 22.7 Å². The number of carbonyl (C=O) groups excluding carboxylic acids is 1. The first kappa shape index (κ1) is 16.4. The molecule has 0 bridgehead atoms. The normalized spacial score (nSPS) is 18.0. The molecule has 0 unspecified atom stereocenters. The van der Waals surface area contributed by atoms with Gasteiger partial charge in [0.15, 0.2) is 6.10 Å². The minimum atomic E-state index is -0.402. The third kappa shape index (κ3) is 3.70. The van der Waals surface area contributed by atoms with E-state index < -0.39 is 6.10 Å². The molecular formula is C16H21N5O3. The van der Waals surface area contributed by atoms with Crippen LogP contribution in [0.5, 0.6) is 0 Å². The summed E-state index contributed by atoms with van der Waals surface area (Å²) in [7, 11) is 0. The van der Waals surface area contributed by atoms with E-state index in [2.05, 4.69) is 20.5 Å². The molecule has 8 heteroatoms. The lowest BCUT2D eigenvalue weighted by Crippen LogP contribution is -2.44. The van der Waals surface area contributed by atoms with E-state index in [-0.39, 0.29) is 11.9 Å². The smallest absolute Gasteiger partial charge is 0.322 e. The van der Waals surface area contributed by atoms with Crippen LogP contribution in [0.2, 0.25) is 0 Å². The van der Waals surface area contributed by atoms with Crippen LogP contribution >= 0.6 is 0 Å². The molecule has 0 spiro atoms. The summed E-state index contributed by atoms with van der Waals surface area (Å²) in [4.78, 5) is 18.2. The minimum absolute atomic E-state index is 0.156. The first-order chi connectivity index (χ1) is 11.5. The number of amides is 2. The lowest BCUT2D eigenvalue weighted by Gasteiger charge is -2.31. The Morgan fingerprint density at radius 3 is 2.88 bits per heavy atom. The molecule has 8 nitrogen and oxygen atoms in total. The van der Waals surface area contributed by atoms with Gasteiger partial charge in [-0.05, 0) is 19.1 Å². The Hall–Kier alpha value is -2.48. The van der Waals surface area contributed by atoms with Gasteiger partial charge in [-0.2, -0.15) is 0 Å². The van der Waals surface area contributed by atoms with Crippen molar-refractivity contribution in [1.82, 2.24) is 20.1 Å². The molecule has 3 rings (SSSR count). The fraction of sp³-hybridized carbons (Fsp3) is 0.500. The number of rotatable bonds is 3. The summed E-state index contributed by atoms with van der Waals surface area (Å²) in [6.07, 6.45) is 1.23. The van der Waals surface area contributed by atoms with Crippen LogP contribution in [0.25, 0.3) is 0 Å². The third-order valence-corrected chi connectivity index (χ3v) is 3.74. The van der Waals surface area contributed by atoms with Crippen molar-refractivity contribution in [1.29, 1.82) is 0 Å². The lowest BCUT2D eigenvalue weighted by atomic mass is 10.2. The summed E-state index contributed by atoms with van der Waals surface area (Å²) >= 11 is 0. The highest BCUT2D eigenvalue weighted by molar-refractivity contribution is 5.89. The van der Waals surface area contributed by atoms with E-state index >= 15 is 0 Å². The third-order valence-electron chi connectivity index (χ3n) is 3.74. The monoisotopic (exact) mass is 331 g/mol. The molecule has 2 aromatic heterocycles. The number of urea groups is 1. The minimum Gasteiger partial charge on any atom is -0.422 e. The lowest BCUT2D eigenvalue weighted by molar-refractivity contribution is -0.0276. The van der Waals surface area contributed by atoms with Crippen molar-refractivity contribution >= 4 is 11.7 Å². The summed E-state index contributed by atoms with van der Waals surface area (Å²) < 4.78 is 11.3. The summed E-state index contributed by atoms with van der Waals surface area (Å²) in [5.74, 6) is 1.14. The number of morpholine rings is 1. The van der Waals surface area contributed by atoms with Crippen LogP contribution in [0.3, 0.4) is 0 Å². The highest BCUT2D eigenvalue weighted by Gasteiger charge is 2.29. The van der Waals surface area contributed by atoms with Gasteiger partial charge in [0.1, 0.15) is 0 Å². The molecule has 128 valence electrons. The number of nitrogens with zero attached hydrogens (tertiary/aromatic N) is 4. The van der Waals surface area contributed by atoms with Gasteiger partial charge in [0.05, 0.1) is 25.0 Å². The van der Waals surface area contributed by atoms with Gasteiger partial charge in [-0.1, -0.05) is 13.8 Å². The Labute approximate surface area is 140 Å². The van der Waals surface area contributed by atoms with Gasteiger partial charge >= 0.3 is 6.03 Å². The Balaban J connectivity index is 1.63. The average molecular weight is 331 g/mol. The van der Waals surface area contributed by atoms with E-state index in [1.54, 1.807) is 11.1 Å².